The lowest BCUT2D eigenvalue weighted by Crippen LogP contribution is -2.23. The minimum absolute atomic E-state index is 0.246. The molecule has 25 heavy (non-hydrogen) atoms. The van der Waals surface area contributed by atoms with Crippen molar-refractivity contribution in [2.24, 2.45) is 0 Å². The Hall–Kier alpha value is -2.65. The molecule has 0 saturated carbocycles. The summed E-state index contributed by atoms with van der Waals surface area (Å²) < 4.78 is 8.59. The van der Waals surface area contributed by atoms with Crippen molar-refractivity contribution in [1.82, 2.24) is 4.57 Å². The van der Waals surface area contributed by atoms with Crippen LogP contribution in [0.3, 0.4) is 0 Å². The Kier molecular flexibility index (Phi) is 3.19. The van der Waals surface area contributed by atoms with Gasteiger partial charge in [-0.1, -0.05) is 53.5 Å². The molecule has 0 N–H and O–H groups in total. The molecule has 3 aromatic carbocycles. The van der Waals surface area contributed by atoms with E-state index in [1.807, 2.05) is 54.6 Å². The molecule has 1 aliphatic rings. The van der Waals surface area contributed by atoms with Crippen molar-refractivity contribution in [2.45, 2.75) is 6.23 Å². The largest absolute Gasteiger partial charge is 0.465 e. The molecular formula is C21H13BClNO. The van der Waals surface area contributed by atoms with Gasteiger partial charge >= 0.3 is 0 Å². The third-order valence-electron chi connectivity index (χ3n) is 4.64. The first kappa shape index (κ1) is 14.7. The lowest BCUT2D eigenvalue weighted by molar-refractivity contribution is 0.173. The van der Waals surface area contributed by atoms with E-state index in [-0.39, 0.29) is 6.23 Å². The Morgan fingerprint density at radius 1 is 0.920 bits per heavy atom. The topological polar surface area (TPSA) is 14.2 Å². The monoisotopic (exact) mass is 341 g/mol. The molecule has 0 amide bonds. The number of halogens is 1. The highest BCUT2D eigenvalue weighted by Gasteiger charge is 2.28. The maximum Gasteiger partial charge on any atom is 0.203 e. The number of rotatable bonds is 1. The SMILES string of the molecule is [B]c1ccc2c(c1)OC(c1ccccc1)n1c-2cc2cc(Cl)ccc21. The Bertz CT molecular complexity index is 1100. The average Bonchev–Trinajstić information content (AvgIpc) is 3.00. The van der Waals surface area contributed by atoms with Crippen LogP contribution in [0.1, 0.15) is 11.8 Å². The maximum atomic E-state index is 6.37. The van der Waals surface area contributed by atoms with E-state index >= 15 is 0 Å². The van der Waals surface area contributed by atoms with Gasteiger partial charge in [0.15, 0.2) is 0 Å². The van der Waals surface area contributed by atoms with Crippen molar-refractivity contribution >= 4 is 35.8 Å². The Morgan fingerprint density at radius 2 is 1.76 bits per heavy atom. The van der Waals surface area contributed by atoms with Crippen LogP contribution in [0.5, 0.6) is 5.75 Å². The minimum Gasteiger partial charge on any atom is -0.465 e. The van der Waals surface area contributed by atoms with E-state index in [0.29, 0.717) is 5.46 Å². The molecule has 0 fully saturated rings. The fourth-order valence-electron chi connectivity index (χ4n) is 3.52. The van der Waals surface area contributed by atoms with E-state index in [0.717, 1.165) is 38.5 Å². The summed E-state index contributed by atoms with van der Waals surface area (Å²) in [5, 5.41) is 1.82. The van der Waals surface area contributed by atoms with Gasteiger partial charge in [0, 0.05) is 21.5 Å². The molecule has 1 unspecified atom stereocenters. The summed E-state index contributed by atoms with van der Waals surface area (Å²) in [4.78, 5) is 0. The smallest absolute Gasteiger partial charge is 0.203 e. The summed E-state index contributed by atoms with van der Waals surface area (Å²) in [7, 11) is 5.98. The van der Waals surface area contributed by atoms with Crippen LogP contribution < -0.4 is 10.2 Å². The highest BCUT2D eigenvalue weighted by molar-refractivity contribution is 6.32. The molecule has 118 valence electrons. The first-order chi connectivity index (χ1) is 12.2. The summed E-state index contributed by atoms with van der Waals surface area (Å²) in [6.45, 7) is 0. The van der Waals surface area contributed by atoms with Crippen LogP contribution in [0.15, 0.2) is 72.8 Å². The quantitative estimate of drug-likeness (QED) is 0.458. The van der Waals surface area contributed by atoms with E-state index in [9.17, 15) is 0 Å². The molecule has 4 aromatic rings. The van der Waals surface area contributed by atoms with Gasteiger partial charge in [0.25, 0.3) is 0 Å². The van der Waals surface area contributed by atoms with Crippen LogP contribution in [0, 0.1) is 0 Å². The zero-order valence-corrected chi connectivity index (χ0v) is 14.1. The summed E-state index contributed by atoms with van der Waals surface area (Å²) >= 11 is 6.20. The van der Waals surface area contributed by atoms with Crippen molar-refractivity contribution in [3.63, 3.8) is 0 Å². The van der Waals surface area contributed by atoms with E-state index in [1.54, 1.807) is 0 Å². The van der Waals surface area contributed by atoms with E-state index in [1.165, 1.54) is 0 Å². The molecule has 0 saturated heterocycles. The van der Waals surface area contributed by atoms with Crippen LogP contribution in [0.25, 0.3) is 22.2 Å². The van der Waals surface area contributed by atoms with Crippen LogP contribution in [-0.2, 0) is 0 Å². The Balaban J connectivity index is 1.84. The molecule has 0 bridgehead atoms. The molecule has 2 radical (unpaired) electrons. The van der Waals surface area contributed by atoms with Crippen molar-refractivity contribution in [2.75, 3.05) is 0 Å². The van der Waals surface area contributed by atoms with Gasteiger partial charge in [0.05, 0.1) is 11.2 Å². The molecule has 2 nitrogen and oxygen atoms in total. The highest BCUT2D eigenvalue weighted by atomic mass is 35.5. The van der Waals surface area contributed by atoms with Crippen molar-refractivity contribution in [3.05, 3.63) is 83.4 Å². The number of fused-ring (bicyclic) bond motifs is 5. The molecule has 1 atom stereocenters. The maximum absolute atomic E-state index is 6.37. The van der Waals surface area contributed by atoms with Gasteiger partial charge in [-0.3, -0.25) is 0 Å². The minimum atomic E-state index is -0.246. The molecule has 4 heteroatoms. The predicted octanol–water partition coefficient (Wildman–Crippen LogP) is 4.69. The molecular weight excluding hydrogens is 329 g/mol. The number of hydrogen-bond donors (Lipinski definition) is 0. The third-order valence-corrected chi connectivity index (χ3v) is 4.88. The van der Waals surface area contributed by atoms with E-state index < -0.39 is 0 Å². The van der Waals surface area contributed by atoms with Crippen molar-refractivity contribution < 1.29 is 4.74 Å². The van der Waals surface area contributed by atoms with E-state index in [2.05, 4.69) is 22.8 Å². The fraction of sp³-hybridized carbons (Fsp3) is 0.0476. The van der Waals surface area contributed by atoms with Crippen LogP contribution in [-0.4, -0.2) is 12.4 Å². The van der Waals surface area contributed by atoms with Gasteiger partial charge in [0.2, 0.25) is 6.23 Å². The standard InChI is InChI=1S/C21H13BClNO/c22-15-6-8-17-19-11-14-10-16(23)7-9-18(14)24(19)21(25-20(17)12-15)13-4-2-1-3-5-13/h1-12,21H. The molecule has 1 aliphatic heterocycles. The third kappa shape index (κ3) is 2.27. The van der Waals surface area contributed by atoms with Gasteiger partial charge in [-0.25, -0.2) is 0 Å². The van der Waals surface area contributed by atoms with Crippen molar-refractivity contribution in [3.8, 4) is 17.0 Å². The van der Waals surface area contributed by atoms with Crippen molar-refractivity contribution in [1.29, 1.82) is 0 Å². The molecule has 2 heterocycles. The van der Waals surface area contributed by atoms with Gasteiger partial charge < -0.3 is 9.30 Å². The van der Waals surface area contributed by atoms with Gasteiger partial charge in [-0.05, 0) is 36.4 Å². The zero-order valence-electron chi connectivity index (χ0n) is 13.3. The normalized spacial score (nSPS) is 15.5. The second-order valence-electron chi connectivity index (χ2n) is 6.24. The summed E-state index contributed by atoms with van der Waals surface area (Å²) in [5.74, 6) is 0.801. The first-order valence-electron chi connectivity index (χ1n) is 8.13. The number of aromatic nitrogens is 1. The van der Waals surface area contributed by atoms with Gasteiger partial charge in [0.1, 0.15) is 13.6 Å². The summed E-state index contributed by atoms with van der Waals surface area (Å²) in [6.07, 6.45) is -0.246. The van der Waals surface area contributed by atoms with Gasteiger partial charge in [-0.2, -0.15) is 0 Å². The molecule has 1 aromatic heterocycles. The lowest BCUT2D eigenvalue weighted by Gasteiger charge is -2.30. The van der Waals surface area contributed by atoms with Crippen LogP contribution in [0.4, 0.5) is 0 Å². The lowest BCUT2D eigenvalue weighted by atomic mass is 9.93. The molecule has 0 aliphatic carbocycles. The fourth-order valence-corrected chi connectivity index (χ4v) is 3.70. The summed E-state index contributed by atoms with van der Waals surface area (Å²) in [5.41, 5.74) is 5.01. The second kappa shape index (κ2) is 5.43. The van der Waals surface area contributed by atoms with Crippen LogP contribution >= 0.6 is 11.6 Å². The number of nitrogens with zero attached hydrogens (tertiary/aromatic N) is 1. The first-order valence-corrected chi connectivity index (χ1v) is 8.50. The molecule has 0 spiro atoms. The number of hydrogen-bond acceptors (Lipinski definition) is 1. The predicted molar refractivity (Wildman–Crippen MR) is 103 cm³/mol. The highest BCUT2D eigenvalue weighted by Crippen LogP contribution is 2.43. The Labute approximate surface area is 152 Å². The molecule has 5 rings (SSSR count). The number of benzene rings is 3. The zero-order chi connectivity index (χ0) is 17.0. The van der Waals surface area contributed by atoms with Gasteiger partial charge in [-0.15, -0.1) is 0 Å². The van der Waals surface area contributed by atoms with E-state index in [4.69, 9.17) is 24.2 Å². The van der Waals surface area contributed by atoms with Crippen LogP contribution in [0.2, 0.25) is 5.02 Å². The average molecular weight is 342 g/mol. The number of ether oxygens (including phenoxy) is 1. The second-order valence-corrected chi connectivity index (χ2v) is 6.68. The Morgan fingerprint density at radius 3 is 2.60 bits per heavy atom. The summed E-state index contributed by atoms with van der Waals surface area (Å²) in [6, 6.07) is 24.1.